The van der Waals surface area contributed by atoms with Crippen molar-refractivity contribution in [2.75, 3.05) is 16.0 Å². The highest BCUT2D eigenvalue weighted by Crippen LogP contribution is 2.43. The number of benzene rings is 6. The van der Waals surface area contributed by atoms with E-state index in [1.165, 1.54) is 0 Å². The zero-order valence-electron chi connectivity index (χ0n) is 36.3. The normalized spacial score (nSPS) is 14.4. The number of carbonyl (C=O) groups is 3. The minimum absolute atomic E-state index is 0.00762. The zero-order chi connectivity index (χ0) is 43.5. The van der Waals surface area contributed by atoms with Crippen LogP contribution >= 0.6 is 0 Å². The van der Waals surface area contributed by atoms with Crippen LogP contribution in [0.5, 0.6) is 17.2 Å². The van der Waals surface area contributed by atoms with Crippen LogP contribution in [-0.4, -0.2) is 18.3 Å². The van der Waals surface area contributed by atoms with Crippen molar-refractivity contribution in [1.82, 2.24) is 0 Å². The third-order valence-corrected chi connectivity index (χ3v) is 11.5. The molecule has 312 valence electrons. The highest BCUT2D eigenvalue weighted by Gasteiger charge is 2.27. The summed E-state index contributed by atoms with van der Waals surface area (Å²) in [6, 6.07) is 33.8. The molecule has 0 aliphatic heterocycles. The van der Waals surface area contributed by atoms with Gasteiger partial charge in [0, 0.05) is 28.9 Å². The monoisotopic (exact) mass is 815 g/mol. The van der Waals surface area contributed by atoms with Crippen molar-refractivity contribution in [3.05, 3.63) is 175 Å². The summed E-state index contributed by atoms with van der Waals surface area (Å²) in [5.74, 6) is 1.61. The fourth-order valence-electron chi connectivity index (χ4n) is 8.55. The Hall–Kier alpha value is -6.87. The number of fused-ring (bicyclic) bond motifs is 2. The van der Waals surface area contributed by atoms with Crippen LogP contribution in [0.1, 0.15) is 97.0 Å². The molecule has 0 radical (unpaired) electrons. The second-order valence-electron chi connectivity index (χ2n) is 16.5. The van der Waals surface area contributed by atoms with Crippen molar-refractivity contribution < 1.29 is 28.6 Å². The predicted octanol–water partition coefficient (Wildman–Crippen LogP) is 13.4. The maximum absolute atomic E-state index is 13.4. The molecule has 0 heterocycles. The van der Waals surface area contributed by atoms with Crippen LogP contribution in [0, 0.1) is 62.3 Å². The van der Waals surface area contributed by atoms with Gasteiger partial charge in [-0.15, -0.1) is 0 Å². The van der Waals surface area contributed by atoms with Gasteiger partial charge in [-0.3, -0.25) is 16.0 Å². The molecule has 0 spiro atoms. The molecule has 2 atom stereocenters. The van der Waals surface area contributed by atoms with Crippen molar-refractivity contribution in [3.63, 3.8) is 0 Å². The van der Waals surface area contributed by atoms with Gasteiger partial charge < -0.3 is 14.2 Å². The number of rotatable bonds is 8. The fraction of sp³-hybridized carbons (Fsp3) is 0.250. The number of hydrogen-bond acceptors (Lipinski definition) is 6. The summed E-state index contributed by atoms with van der Waals surface area (Å²) in [6.45, 7) is 17.7. The Morgan fingerprint density at radius 1 is 0.393 bits per heavy atom. The Morgan fingerprint density at radius 2 is 0.770 bits per heavy atom. The summed E-state index contributed by atoms with van der Waals surface area (Å²) in [7, 11) is 0. The van der Waals surface area contributed by atoms with Crippen LogP contribution < -0.4 is 30.2 Å². The van der Waals surface area contributed by atoms with Gasteiger partial charge in [0.1, 0.15) is 17.2 Å². The van der Waals surface area contributed by atoms with E-state index >= 15 is 0 Å². The van der Waals surface area contributed by atoms with Crippen LogP contribution in [0.2, 0.25) is 0 Å². The highest BCUT2D eigenvalue weighted by molar-refractivity contribution is 5.88. The van der Waals surface area contributed by atoms with E-state index in [4.69, 9.17) is 14.2 Å². The summed E-state index contributed by atoms with van der Waals surface area (Å²) < 4.78 is 17.3. The predicted molar refractivity (Wildman–Crippen MR) is 243 cm³/mol. The molecule has 9 nitrogen and oxygen atoms in total. The third kappa shape index (κ3) is 9.95. The van der Waals surface area contributed by atoms with E-state index in [1.807, 2.05) is 159 Å². The molecule has 61 heavy (non-hydrogen) atoms. The largest absolute Gasteiger partial charge is 0.417 e. The first kappa shape index (κ1) is 42.3. The molecule has 3 N–H and O–H groups in total. The van der Waals surface area contributed by atoms with E-state index in [0.717, 1.165) is 85.2 Å². The SMILES string of the molecule is Cc1cc(C)c(OC(=O)Nc2ccc(C3CCC(c4ccc(NC(=O)Oc5c(C)cc(C)cc5C)cc4)c4cc(NC(=O)Oc5cc(C)c(C)cc5C)cc3c4)cc2)c(C)c1. The number of aryl methyl sites for hydroxylation is 9. The van der Waals surface area contributed by atoms with Crippen LogP contribution in [-0.2, 0) is 0 Å². The van der Waals surface area contributed by atoms with Crippen molar-refractivity contribution in [2.24, 2.45) is 0 Å². The quantitative estimate of drug-likeness (QED) is 0.141. The lowest BCUT2D eigenvalue weighted by Crippen LogP contribution is -2.18. The van der Waals surface area contributed by atoms with E-state index in [2.05, 4.69) is 22.0 Å². The summed E-state index contributed by atoms with van der Waals surface area (Å²) in [4.78, 5) is 39.3. The third-order valence-electron chi connectivity index (χ3n) is 11.5. The fourth-order valence-corrected chi connectivity index (χ4v) is 8.55. The number of carbonyl (C=O) groups excluding carboxylic acids is 3. The van der Waals surface area contributed by atoms with Crippen molar-refractivity contribution >= 4 is 35.3 Å². The van der Waals surface area contributed by atoms with E-state index in [9.17, 15) is 14.4 Å². The molecular formula is C52H53N3O6. The number of hydrogen-bond donors (Lipinski definition) is 3. The molecule has 2 unspecified atom stereocenters. The number of nitrogens with one attached hydrogen (secondary N) is 3. The molecule has 6 aromatic rings. The van der Waals surface area contributed by atoms with Crippen LogP contribution in [0.15, 0.2) is 103 Å². The van der Waals surface area contributed by atoms with E-state index in [0.29, 0.717) is 34.3 Å². The number of amides is 3. The van der Waals surface area contributed by atoms with Crippen LogP contribution in [0.4, 0.5) is 31.4 Å². The molecule has 2 bridgehead atoms. The van der Waals surface area contributed by atoms with Crippen molar-refractivity contribution in [1.29, 1.82) is 0 Å². The molecule has 9 heteroatoms. The molecule has 0 aromatic heterocycles. The van der Waals surface area contributed by atoms with E-state index in [-0.39, 0.29) is 11.8 Å². The summed E-state index contributed by atoms with van der Waals surface area (Å²) in [5.41, 5.74) is 14.9. The van der Waals surface area contributed by atoms with Crippen LogP contribution in [0.25, 0.3) is 0 Å². The molecule has 1 aliphatic rings. The summed E-state index contributed by atoms with van der Waals surface area (Å²) >= 11 is 0. The van der Waals surface area contributed by atoms with Gasteiger partial charge in [-0.25, -0.2) is 14.4 Å². The van der Waals surface area contributed by atoms with Gasteiger partial charge in [-0.05, 0) is 179 Å². The minimum atomic E-state index is -0.571. The maximum Gasteiger partial charge on any atom is 0.417 e. The smallest absolute Gasteiger partial charge is 0.410 e. The number of ether oxygens (including phenoxy) is 3. The Morgan fingerprint density at radius 3 is 1.20 bits per heavy atom. The molecule has 6 aromatic carbocycles. The average Bonchev–Trinajstić information content (AvgIpc) is 3.32. The van der Waals surface area contributed by atoms with Crippen molar-refractivity contribution in [2.45, 2.75) is 87.0 Å². The topological polar surface area (TPSA) is 115 Å². The Labute approximate surface area is 358 Å². The molecule has 7 rings (SSSR count). The lowest BCUT2D eigenvalue weighted by atomic mass is 9.86. The van der Waals surface area contributed by atoms with E-state index in [1.54, 1.807) is 0 Å². The minimum Gasteiger partial charge on any atom is -0.410 e. The van der Waals surface area contributed by atoms with Gasteiger partial charge >= 0.3 is 18.3 Å². The molecule has 0 saturated heterocycles. The first-order chi connectivity index (χ1) is 29.1. The molecule has 0 fully saturated rings. The Bertz CT molecular complexity index is 2460. The first-order valence-corrected chi connectivity index (χ1v) is 20.6. The Kier molecular flexibility index (Phi) is 12.3. The van der Waals surface area contributed by atoms with Gasteiger partial charge in [-0.2, -0.15) is 0 Å². The average molecular weight is 816 g/mol. The van der Waals surface area contributed by atoms with Gasteiger partial charge in [0.05, 0.1) is 0 Å². The van der Waals surface area contributed by atoms with Gasteiger partial charge in [0.2, 0.25) is 0 Å². The Balaban J connectivity index is 1.12. The molecule has 1 aliphatic carbocycles. The first-order valence-electron chi connectivity index (χ1n) is 20.6. The second kappa shape index (κ2) is 17.8. The number of anilines is 3. The second-order valence-corrected chi connectivity index (χ2v) is 16.5. The van der Waals surface area contributed by atoms with Gasteiger partial charge in [0.15, 0.2) is 0 Å². The van der Waals surface area contributed by atoms with E-state index < -0.39 is 18.3 Å². The summed E-state index contributed by atoms with van der Waals surface area (Å²) in [6.07, 6.45) is -0.0566. The molecule has 3 amide bonds. The lowest BCUT2D eigenvalue weighted by molar-refractivity contribution is 0.213. The molecule has 0 saturated carbocycles. The lowest BCUT2D eigenvalue weighted by Gasteiger charge is -2.18. The standard InChI is InChI=1S/C52H53N3O6/c1-29-20-34(6)48(35(7)21-29)60-51(57)53-42-14-10-38(11-15-42)45-18-19-46(39-12-16-43(17-13-39)54-52(58)61-49-36(8)22-30(2)23-37(49)9)41-26-40(45)27-44(28-41)55-50(56)59-47-25-32(4)31(3)24-33(47)5/h10-17,20-28,45-46H,18-19H2,1-9H3,(H,53,57)(H,54,58)(H,55,56). The maximum atomic E-state index is 13.4. The summed E-state index contributed by atoms with van der Waals surface area (Å²) in [5, 5.41) is 8.76. The van der Waals surface area contributed by atoms with Gasteiger partial charge in [0.25, 0.3) is 0 Å². The zero-order valence-corrected chi connectivity index (χ0v) is 36.3. The molecular weight excluding hydrogens is 763 g/mol. The highest BCUT2D eigenvalue weighted by atomic mass is 16.6. The van der Waals surface area contributed by atoms with Gasteiger partial charge in [-0.1, -0.05) is 71.8 Å². The van der Waals surface area contributed by atoms with Crippen molar-refractivity contribution in [3.8, 4) is 17.2 Å². The van der Waals surface area contributed by atoms with Crippen LogP contribution in [0.3, 0.4) is 0 Å².